The molecule has 1 N–H and O–H groups in total. The average molecular weight is 447 g/mol. The third-order valence-corrected chi connectivity index (χ3v) is 7.52. The first-order valence-corrected chi connectivity index (χ1v) is 12.0. The molecule has 0 bridgehead atoms. The van der Waals surface area contributed by atoms with Gasteiger partial charge in [0.15, 0.2) is 0 Å². The van der Waals surface area contributed by atoms with Crippen LogP contribution in [-0.2, 0) is 20.6 Å². The third-order valence-electron chi connectivity index (χ3n) is 5.67. The van der Waals surface area contributed by atoms with Crippen molar-refractivity contribution in [3.63, 3.8) is 0 Å². The van der Waals surface area contributed by atoms with E-state index in [4.69, 9.17) is 9.47 Å². The first-order chi connectivity index (χ1) is 14.8. The minimum atomic E-state index is -3.40. The number of nitrogens with one attached hydrogen (secondary N) is 1. The lowest BCUT2D eigenvalue weighted by Gasteiger charge is -2.31. The molecule has 0 unspecified atom stereocenters. The maximum Gasteiger partial charge on any atom is 0.223 e. The van der Waals surface area contributed by atoms with Gasteiger partial charge in [-0.15, -0.1) is 0 Å². The molecule has 1 amide bonds. The second-order valence-corrected chi connectivity index (χ2v) is 9.72. The predicted octanol–water partition coefficient (Wildman–Crippen LogP) is 3.12. The number of carbonyl (C=O) groups is 1. The minimum absolute atomic E-state index is 0.0165. The van der Waals surface area contributed by atoms with E-state index in [2.05, 4.69) is 5.32 Å². The van der Waals surface area contributed by atoms with Crippen molar-refractivity contribution in [2.45, 2.75) is 31.6 Å². The van der Waals surface area contributed by atoms with E-state index in [0.717, 1.165) is 11.1 Å². The first-order valence-electron chi connectivity index (χ1n) is 10.4. The monoisotopic (exact) mass is 446 g/mol. The predicted molar refractivity (Wildman–Crippen MR) is 119 cm³/mol. The van der Waals surface area contributed by atoms with Gasteiger partial charge in [0.1, 0.15) is 11.5 Å². The van der Waals surface area contributed by atoms with E-state index < -0.39 is 10.0 Å². The molecule has 0 aliphatic carbocycles. The Balaban J connectivity index is 1.58. The molecule has 2 aromatic rings. The summed E-state index contributed by atoms with van der Waals surface area (Å²) in [7, 11) is -0.217. The largest absolute Gasteiger partial charge is 0.497 e. The summed E-state index contributed by atoms with van der Waals surface area (Å²) >= 11 is 0. The van der Waals surface area contributed by atoms with Gasteiger partial charge in [-0.05, 0) is 43.5 Å². The Morgan fingerprint density at radius 1 is 1.10 bits per heavy atom. The number of sulfonamides is 1. The Morgan fingerprint density at radius 2 is 1.77 bits per heavy atom. The highest BCUT2D eigenvalue weighted by Crippen LogP contribution is 2.30. The Labute approximate surface area is 184 Å². The van der Waals surface area contributed by atoms with Crippen molar-refractivity contribution >= 4 is 15.9 Å². The molecule has 1 aliphatic rings. The topological polar surface area (TPSA) is 84.9 Å². The van der Waals surface area contributed by atoms with Crippen molar-refractivity contribution in [1.82, 2.24) is 9.62 Å². The molecule has 0 radical (unpaired) electrons. The SMILES string of the molecule is COc1ccc(OC)c([C@@H](C)NC(=O)C2CCN(S(=O)(=O)Cc3ccccc3)CC2)c1. The van der Waals surface area contributed by atoms with Crippen LogP contribution in [0.15, 0.2) is 48.5 Å². The molecular weight excluding hydrogens is 416 g/mol. The van der Waals surface area contributed by atoms with Gasteiger partial charge in [0.2, 0.25) is 15.9 Å². The van der Waals surface area contributed by atoms with E-state index in [0.29, 0.717) is 37.4 Å². The van der Waals surface area contributed by atoms with Crippen molar-refractivity contribution in [2.24, 2.45) is 5.92 Å². The summed E-state index contributed by atoms with van der Waals surface area (Å²) in [4.78, 5) is 12.8. The number of nitrogens with zero attached hydrogens (tertiary/aromatic N) is 1. The molecule has 31 heavy (non-hydrogen) atoms. The van der Waals surface area contributed by atoms with Gasteiger partial charge >= 0.3 is 0 Å². The van der Waals surface area contributed by atoms with Crippen molar-refractivity contribution in [3.05, 3.63) is 59.7 Å². The van der Waals surface area contributed by atoms with Crippen molar-refractivity contribution in [3.8, 4) is 11.5 Å². The van der Waals surface area contributed by atoms with Crippen LogP contribution in [-0.4, -0.2) is 45.9 Å². The van der Waals surface area contributed by atoms with Crippen molar-refractivity contribution < 1.29 is 22.7 Å². The number of rotatable bonds is 8. The number of methoxy groups -OCH3 is 2. The maximum absolute atomic E-state index is 12.8. The molecule has 1 saturated heterocycles. The molecule has 7 nitrogen and oxygen atoms in total. The number of carbonyl (C=O) groups excluding carboxylic acids is 1. The molecule has 3 rings (SSSR count). The Kier molecular flexibility index (Phi) is 7.56. The summed E-state index contributed by atoms with van der Waals surface area (Å²) in [5.74, 6) is 1.06. The quantitative estimate of drug-likeness (QED) is 0.673. The van der Waals surface area contributed by atoms with Crippen LogP contribution in [0.2, 0.25) is 0 Å². The van der Waals surface area contributed by atoms with E-state index in [1.807, 2.05) is 55.5 Å². The summed E-state index contributed by atoms with van der Waals surface area (Å²) in [6, 6.07) is 14.4. The van der Waals surface area contributed by atoms with E-state index in [-0.39, 0.29) is 23.6 Å². The standard InChI is InChI=1S/C23H30N2O5S/c1-17(21-15-20(29-2)9-10-22(21)30-3)24-23(26)19-11-13-25(14-12-19)31(27,28)16-18-7-5-4-6-8-18/h4-10,15,17,19H,11-14,16H2,1-3H3,(H,24,26)/t17-/m1/s1. The molecule has 1 aliphatic heterocycles. The van der Waals surface area contributed by atoms with Crippen LogP contribution in [0.5, 0.6) is 11.5 Å². The lowest BCUT2D eigenvalue weighted by molar-refractivity contribution is -0.126. The highest BCUT2D eigenvalue weighted by atomic mass is 32.2. The molecule has 8 heteroatoms. The summed E-state index contributed by atoms with van der Waals surface area (Å²) in [5, 5.41) is 3.04. The highest BCUT2D eigenvalue weighted by molar-refractivity contribution is 7.88. The summed E-state index contributed by atoms with van der Waals surface area (Å²) in [6.45, 7) is 2.60. The van der Waals surface area contributed by atoms with Gasteiger partial charge in [-0.2, -0.15) is 0 Å². The molecule has 0 aromatic heterocycles. The number of amides is 1. The van der Waals surface area contributed by atoms with Gasteiger partial charge in [0.25, 0.3) is 0 Å². The van der Waals surface area contributed by atoms with Crippen LogP contribution in [0.25, 0.3) is 0 Å². The minimum Gasteiger partial charge on any atom is -0.497 e. The number of ether oxygens (including phenoxy) is 2. The van der Waals surface area contributed by atoms with Gasteiger partial charge in [0.05, 0.1) is 26.0 Å². The molecular formula is C23H30N2O5S. The molecule has 1 fully saturated rings. The maximum atomic E-state index is 12.8. The Bertz CT molecular complexity index is 986. The molecule has 0 saturated carbocycles. The fourth-order valence-electron chi connectivity index (χ4n) is 3.86. The Hall–Kier alpha value is -2.58. The number of hydrogen-bond donors (Lipinski definition) is 1. The van der Waals surface area contributed by atoms with Crippen LogP contribution in [0.1, 0.15) is 36.9 Å². The van der Waals surface area contributed by atoms with Crippen LogP contribution in [0.3, 0.4) is 0 Å². The van der Waals surface area contributed by atoms with Gasteiger partial charge in [-0.1, -0.05) is 30.3 Å². The molecule has 2 aromatic carbocycles. The van der Waals surface area contributed by atoms with Crippen LogP contribution in [0.4, 0.5) is 0 Å². The van der Waals surface area contributed by atoms with E-state index in [9.17, 15) is 13.2 Å². The fourth-order valence-corrected chi connectivity index (χ4v) is 5.42. The fraction of sp³-hybridized carbons (Fsp3) is 0.435. The second kappa shape index (κ2) is 10.2. The zero-order valence-electron chi connectivity index (χ0n) is 18.2. The number of piperidine rings is 1. The van der Waals surface area contributed by atoms with Crippen LogP contribution in [0, 0.1) is 5.92 Å². The zero-order valence-corrected chi connectivity index (χ0v) is 19.0. The third kappa shape index (κ3) is 5.77. The van der Waals surface area contributed by atoms with Crippen molar-refractivity contribution in [2.75, 3.05) is 27.3 Å². The zero-order chi connectivity index (χ0) is 22.4. The van der Waals surface area contributed by atoms with E-state index in [1.54, 1.807) is 14.2 Å². The van der Waals surface area contributed by atoms with E-state index >= 15 is 0 Å². The van der Waals surface area contributed by atoms with Crippen LogP contribution < -0.4 is 14.8 Å². The lowest BCUT2D eigenvalue weighted by atomic mass is 9.96. The van der Waals surface area contributed by atoms with Gasteiger partial charge < -0.3 is 14.8 Å². The summed E-state index contributed by atoms with van der Waals surface area (Å²) in [5.41, 5.74) is 1.60. The van der Waals surface area contributed by atoms with Gasteiger partial charge in [-0.25, -0.2) is 12.7 Å². The van der Waals surface area contributed by atoms with Crippen molar-refractivity contribution in [1.29, 1.82) is 0 Å². The van der Waals surface area contributed by atoms with E-state index in [1.165, 1.54) is 4.31 Å². The Morgan fingerprint density at radius 3 is 2.39 bits per heavy atom. The molecule has 0 spiro atoms. The highest BCUT2D eigenvalue weighted by Gasteiger charge is 2.31. The smallest absolute Gasteiger partial charge is 0.223 e. The molecule has 1 heterocycles. The number of benzene rings is 2. The second-order valence-electron chi connectivity index (χ2n) is 7.75. The van der Waals surface area contributed by atoms with Crippen LogP contribution >= 0.6 is 0 Å². The molecule has 168 valence electrons. The summed E-state index contributed by atoms with van der Waals surface area (Å²) in [6.07, 6.45) is 1.00. The number of hydrogen-bond acceptors (Lipinski definition) is 5. The van der Waals surface area contributed by atoms with Gasteiger partial charge in [-0.3, -0.25) is 4.79 Å². The summed E-state index contributed by atoms with van der Waals surface area (Å²) < 4.78 is 37.6. The normalized spacial score (nSPS) is 16.5. The molecule has 1 atom stereocenters. The lowest BCUT2D eigenvalue weighted by Crippen LogP contribution is -2.43. The average Bonchev–Trinajstić information content (AvgIpc) is 2.79. The van der Waals surface area contributed by atoms with Gasteiger partial charge in [0, 0.05) is 24.6 Å². The first kappa shape index (κ1) is 23.1.